The lowest BCUT2D eigenvalue weighted by molar-refractivity contribution is -0.120. The van der Waals surface area contributed by atoms with Crippen LogP contribution in [0.1, 0.15) is 32.6 Å². The summed E-state index contributed by atoms with van der Waals surface area (Å²) in [7, 11) is 0. The fourth-order valence-electron chi connectivity index (χ4n) is 3.16. The maximum Gasteiger partial charge on any atom is 0.321 e. The van der Waals surface area contributed by atoms with Crippen LogP contribution in [-0.4, -0.2) is 32.7 Å². The molecule has 2 aromatic rings. The molecule has 2 heterocycles. The molecule has 2 N–H and O–H groups in total. The Kier molecular flexibility index (Phi) is 5.06. The van der Waals surface area contributed by atoms with Crippen molar-refractivity contribution < 1.29 is 9.59 Å². The van der Waals surface area contributed by atoms with Crippen molar-refractivity contribution in [3.63, 3.8) is 0 Å². The minimum Gasteiger partial charge on any atom is -0.335 e. The van der Waals surface area contributed by atoms with Crippen LogP contribution < -0.4 is 16.2 Å². The zero-order chi connectivity index (χ0) is 17.8. The van der Waals surface area contributed by atoms with Crippen LogP contribution in [0.4, 0.5) is 4.79 Å². The minimum atomic E-state index is -0.592. The van der Waals surface area contributed by atoms with Gasteiger partial charge >= 0.3 is 6.03 Å². The number of nitrogens with zero attached hydrogens (tertiary/aromatic N) is 3. The maximum atomic E-state index is 12.3. The Morgan fingerprint density at radius 2 is 2.12 bits per heavy atom. The predicted octanol–water partition coefficient (Wildman–Crippen LogP) is 1.20. The number of aromatic nitrogens is 3. The first-order valence-electron chi connectivity index (χ1n) is 8.46. The predicted molar refractivity (Wildman–Crippen MR) is 91.9 cm³/mol. The fourth-order valence-corrected chi connectivity index (χ4v) is 3.16. The van der Waals surface area contributed by atoms with E-state index in [9.17, 15) is 14.4 Å². The minimum absolute atomic E-state index is 0.0762. The van der Waals surface area contributed by atoms with Crippen molar-refractivity contribution in [2.75, 3.05) is 0 Å². The summed E-state index contributed by atoms with van der Waals surface area (Å²) in [5, 5.41) is 9.66. The number of hydrogen-bond donors (Lipinski definition) is 2. The highest BCUT2D eigenvalue weighted by Crippen LogP contribution is 2.23. The number of carbonyl (C=O) groups is 2. The van der Waals surface area contributed by atoms with Crippen LogP contribution in [0, 0.1) is 5.92 Å². The van der Waals surface area contributed by atoms with Gasteiger partial charge in [-0.15, -0.1) is 0 Å². The molecule has 1 fully saturated rings. The summed E-state index contributed by atoms with van der Waals surface area (Å²) in [6.45, 7) is 1.76. The molecule has 25 heavy (non-hydrogen) atoms. The van der Waals surface area contributed by atoms with Crippen LogP contribution in [0.5, 0.6) is 0 Å². The highest BCUT2D eigenvalue weighted by Gasteiger charge is 2.23. The highest BCUT2D eigenvalue weighted by atomic mass is 16.2. The molecule has 3 rings (SSSR count). The summed E-state index contributed by atoms with van der Waals surface area (Å²) in [6.07, 6.45) is 7.22. The van der Waals surface area contributed by atoms with Crippen molar-refractivity contribution >= 4 is 22.8 Å². The molecule has 0 bridgehead atoms. The highest BCUT2D eigenvalue weighted by molar-refractivity contribution is 5.94. The molecular formula is C17H21N5O3. The van der Waals surface area contributed by atoms with E-state index < -0.39 is 17.5 Å². The molecule has 8 heteroatoms. The summed E-state index contributed by atoms with van der Waals surface area (Å²) >= 11 is 0. The number of pyridine rings is 1. The summed E-state index contributed by atoms with van der Waals surface area (Å²) < 4.78 is 1.00. The average molecular weight is 343 g/mol. The van der Waals surface area contributed by atoms with Crippen molar-refractivity contribution in [3.8, 4) is 0 Å². The van der Waals surface area contributed by atoms with E-state index in [1.54, 1.807) is 12.1 Å². The molecule has 1 aliphatic carbocycles. The molecule has 3 amide bonds. The lowest BCUT2D eigenvalue weighted by atomic mass is 9.86. The smallest absolute Gasteiger partial charge is 0.321 e. The van der Waals surface area contributed by atoms with Gasteiger partial charge in [0.2, 0.25) is 5.91 Å². The van der Waals surface area contributed by atoms with E-state index in [1.807, 2.05) is 0 Å². The molecule has 0 aromatic carbocycles. The molecule has 0 unspecified atom stereocenters. The zero-order valence-corrected chi connectivity index (χ0v) is 14.1. The lowest BCUT2D eigenvalue weighted by Crippen LogP contribution is -2.48. The van der Waals surface area contributed by atoms with Crippen LogP contribution >= 0.6 is 0 Å². The van der Waals surface area contributed by atoms with E-state index in [-0.39, 0.29) is 18.1 Å². The van der Waals surface area contributed by atoms with E-state index >= 15 is 0 Å². The lowest BCUT2D eigenvalue weighted by Gasteiger charge is -2.29. The van der Waals surface area contributed by atoms with E-state index in [0.717, 1.165) is 23.9 Å². The third kappa shape index (κ3) is 4.01. The van der Waals surface area contributed by atoms with Gasteiger partial charge in [-0.05, 0) is 30.9 Å². The van der Waals surface area contributed by atoms with Gasteiger partial charge in [0, 0.05) is 17.6 Å². The van der Waals surface area contributed by atoms with E-state index in [0.29, 0.717) is 11.3 Å². The monoisotopic (exact) mass is 343 g/mol. The molecule has 0 aliphatic heterocycles. The van der Waals surface area contributed by atoms with E-state index in [2.05, 4.69) is 27.6 Å². The number of rotatable bonds is 3. The molecule has 0 spiro atoms. The molecule has 1 aliphatic rings. The fraction of sp³-hybridized carbons (Fsp3) is 0.471. The van der Waals surface area contributed by atoms with E-state index in [1.165, 1.54) is 18.8 Å². The number of carbonyl (C=O) groups excluding carboxylic acids is 2. The molecule has 0 saturated heterocycles. The van der Waals surface area contributed by atoms with Crippen molar-refractivity contribution in [2.45, 2.75) is 45.2 Å². The Morgan fingerprint density at radius 3 is 2.92 bits per heavy atom. The molecule has 2 aromatic heterocycles. The number of amides is 3. The van der Waals surface area contributed by atoms with Gasteiger partial charge in [0.15, 0.2) is 0 Å². The third-order valence-corrected chi connectivity index (χ3v) is 4.59. The second-order valence-corrected chi connectivity index (χ2v) is 6.44. The van der Waals surface area contributed by atoms with Crippen LogP contribution in [0.25, 0.3) is 10.9 Å². The van der Waals surface area contributed by atoms with Crippen LogP contribution in [0.3, 0.4) is 0 Å². The van der Waals surface area contributed by atoms with Crippen molar-refractivity contribution in [2.24, 2.45) is 5.92 Å². The number of fused-ring (bicyclic) bond motifs is 1. The van der Waals surface area contributed by atoms with Gasteiger partial charge in [0.05, 0.1) is 6.20 Å². The molecule has 0 radical (unpaired) electrons. The molecule has 2 atom stereocenters. The normalized spacial score (nSPS) is 20.2. The van der Waals surface area contributed by atoms with Gasteiger partial charge in [0.25, 0.3) is 5.56 Å². The molecule has 1 saturated carbocycles. The Bertz CT molecular complexity index is 848. The zero-order valence-electron chi connectivity index (χ0n) is 14.1. The van der Waals surface area contributed by atoms with Gasteiger partial charge in [-0.2, -0.15) is 5.10 Å². The van der Waals surface area contributed by atoms with Crippen LogP contribution in [0.15, 0.2) is 29.3 Å². The Hall–Kier alpha value is -2.77. The summed E-state index contributed by atoms with van der Waals surface area (Å²) in [5.41, 5.74) is -0.222. The van der Waals surface area contributed by atoms with E-state index in [4.69, 9.17) is 0 Å². The van der Waals surface area contributed by atoms with Gasteiger partial charge < -0.3 is 5.32 Å². The van der Waals surface area contributed by atoms with Crippen LogP contribution in [0.2, 0.25) is 0 Å². The quantitative estimate of drug-likeness (QED) is 0.871. The topological polar surface area (TPSA) is 106 Å². The first-order valence-corrected chi connectivity index (χ1v) is 8.46. The Labute approximate surface area is 144 Å². The van der Waals surface area contributed by atoms with Crippen LogP contribution in [-0.2, 0) is 11.3 Å². The van der Waals surface area contributed by atoms with Gasteiger partial charge in [0.1, 0.15) is 12.1 Å². The standard InChI is InChI=1S/C17H21N5O3/c1-11-5-2-3-7-13(11)20-17(25)21-14(23)10-22-16(24)15-12(9-19-22)6-4-8-18-15/h4,6,8-9,11,13H,2-3,5,7,10H2,1H3,(H2,20,21,23,25)/t11-,13-/m1/s1. The number of nitrogens with one attached hydrogen (secondary N) is 2. The maximum absolute atomic E-state index is 12.3. The molecular weight excluding hydrogens is 322 g/mol. The second-order valence-electron chi connectivity index (χ2n) is 6.44. The van der Waals surface area contributed by atoms with Gasteiger partial charge in [-0.3, -0.25) is 19.9 Å². The number of imide groups is 1. The molecule has 132 valence electrons. The first-order chi connectivity index (χ1) is 12.0. The van der Waals surface area contributed by atoms with Crippen molar-refractivity contribution in [1.82, 2.24) is 25.4 Å². The van der Waals surface area contributed by atoms with Crippen molar-refractivity contribution in [1.29, 1.82) is 0 Å². The Morgan fingerprint density at radius 1 is 1.32 bits per heavy atom. The summed E-state index contributed by atoms with van der Waals surface area (Å²) in [6, 6.07) is 2.97. The summed E-state index contributed by atoms with van der Waals surface area (Å²) in [5.74, 6) is -0.198. The van der Waals surface area contributed by atoms with Gasteiger partial charge in [-0.1, -0.05) is 19.8 Å². The summed E-state index contributed by atoms with van der Waals surface area (Å²) in [4.78, 5) is 40.3. The third-order valence-electron chi connectivity index (χ3n) is 4.59. The molecule has 8 nitrogen and oxygen atoms in total. The first kappa shape index (κ1) is 17.1. The SMILES string of the molecule is C[C@@H]1CCCC[C@H]1NC(=O)NC(=O)Cn1ncc2cccnc2c1=O. The second kappa shape index (κ2) is 7.42. The largest absolute Gasteiger partial charge is 0.335 e. The Balaban J connectivity index is 1.61. The van der Waals surface area contributed by atoms with Gasteiger partial charge in [-0.25, -0.2) is 9.48 Å². The average Bonchev–Trinajstić information content (AvgIpc) is 2.59. The number of hydrogen-bond acceptors (Lipinski definition) is 5. The van der Waals surface area contributed by atoms with Crippen molar-refractivity contribution in [3.05, 3.63) is 34.9 Å². The number of urea groups is 1.